The van der Waals surface area contributed by atoms with Crippen molar-refractivity contribution in [1.29, 1.82) is 0 Å². The van der Waals surface area contributed by atoms with Crippen LogP contribution in [-0.4, -0.2) is 18.3 Å². The molecule has 0 saturated carbocycles. The molecule has 0 bridgehead atoms. The first-order valence-electron chi connectivity index (χ1n) is 10.3. The Morgan fingerprint density at radius 2 is 0.963 bits per heavy atom. The molecule has 0 amide bonds. The Balaban J connectivity index is 2.83. The summed E-state index contributed by atoms with van der Waals surface area (Å²) in [7, 11) is -0.340. The first kappa shape index (κ1) is 22.5. The van der Waals surface area contributed by atoms with Crippen LogP contribution in [0.25, 0.3) is 0 Å². The molecule has 1 aliphatic rings. The zero-order chi connectivity index (χ0) is 21.2. The van der Waals surface area contributed by atoms with E-state index >= 15 is 0 Å². The van der Waals surface area contributed by atoms with E-state index in [1.165, 1.54) is 22.2 Å². The summed E-state index contributed by atoms with van der Waals surface area (Å²) in [5, 5.41) is 0. The normalized spacial score (nSPS) is 20.3. The van der Waals surface area contributed by atoms with Gasteiger partial charge in [-0.15, -0.1) is 0 Å². The maximum atomic E-state index is 6.53. The van der Waals surface area contributed by atoms with E-state index in [1.54, 1.807) is 0 Å². The summed E-state index contributed by atoms with van der Waals surface area (Å²) < 4.78 is 13.1. The van der Waals surface area contributed by atoms with Crippen LogP contribution in [0.4, 0.5) is 0 Å². The van der Waals surface area contributed by atoms with Gasteiger partial charge >= 0.3 is 7.12 Å². The SMILES string of the molecule is CC(C)(C)c1cc(C(C)(C)C)c(B2OC(C)(C)C(C)(C)O2)c(C(C)(C)C)c1. The van der Waals surface area contributed by atoms with Gasteiger partial charge in [0, 0.05) is 0 Å². The average Bonchev–Trinajstić information content (AvgIpc) is 2.62. The number of hydrogen-bond acceptors (Lipinski definition) is 2. The molecule has 27 heavy (non-hydrogen) atoms. The van der Waals surface area contributed by atoms with E-state index in [9.17, 15) is 0 Å². The van der Waals surface area contributed by atoms with Crippen molar-refractivity contribution in [2.45, 2.75) is 117 Å². The molecule has 1 aliphatic heterocycles. The molecule has 2 rings (SSSR count). The minimum absolute atomic E-state index is 0.000188. The molecule has 1 heterocycles. The van der Waals surface area contributed by atoms with E-state index in [1.807, 2.05) is 0 Å². The average molecular weight is 372 g/mol. The molecular formula is C24H41BO2. The first-order valence-corrected chi connectivity index (χ1v) is 10.3. The summed E-state index contributed by atoms with van der Waals surface area (Å²) in [6.07, 6.45) is 0. The van der Waals surface area contributed by atoms with Crippen molar-refractivity contribution >= 4 is 12.6 Å². The topological polar surface area (TPSA) is 18.5 Å². The van der Waals surface area contributed by atoms with E-state index in [0.717, 1.165) is 0 Å². The molecule has 2 nitrogen and oxygen atoms in total. The molecule has 0 spiro atoms. The summed E-state index contributed by atoms with van der Waals surface area (Å²) in [4.78, 5) is 0. The van der Waals surface area contributed by atoms with Crippen molar-refractivity contribution in [3.63, 3.8) is 0 Å². The minimum Gasteiger partial charge on any atom is -0.399 e. The van der Waals surface area contributed by atoms with Crippen molar-refractivity contribution in [3.05, 3.63) is 28.8 Å². The third-order valence-electron chi connectivity index (χ3n) is 6.15. The molecule has 0 aromatic heterocycles. The Morgan fingerprint density at radius 3 is 1.22 bits per heavy atom. The van der Waals surface area contributed by atoms with E-state index in [-0.39, 0.29) is 34.6 Å². The number of rotatable bonds is 1. The van der Waals surface area contributed by atoms with E-state index in [4.69, 9.17) is 9.31 Å². The van der Waals surface area contributed by atoms with Gasteiger partial charge in [-0.3, -0.25) is 0 Å². The van der Waals surface area contributed by atoms with Crippen molar-refractivity contribution in [1.82, 2.24) is 0 Å². The molecule has 152 valence electrons. The molecule has 1 fully saturated rings. The zero-order valence-electron chi connectivity index (χ0n) is 20.0. The van der Waals surface area contributed by atoms with Crippen LogP contribution >= 0.6 is 0 Å². The number of benzene rings is 1. The van der Waals surface area contributed by atoms with Gasteiger partial charge in [0.25, 0.3) is 0 Å². The summed E-state index contributed by atoms with van der Waals surface area (Å²) in [6, 6.07) is 4.77. The van der Waals surface area contributed by atoms with E-state index in [0.29, 0.717) is 0 Å². The molecule has 1 aromatic carbocycles. The lowest BCUT2D eigenvalue weighted by molar-refractivity contribution is 0.00578. The molecule has 0 N–H and O–H groups in total. The lowest BCUT2D eigenvalue weighted by atomic mass is 9.62. The molecule has 1 saturated heterocycles. The fourth-order valence-corrected chi connectivity index (χ4v) is 3.54. The molecule has 0 aliphatic carbocycles. The molecule has 0 radical (unpaired) electrons. The van der Waals surface area contributed by atoms with Crippen molar-refractivity contribution in [3.8, 4) is 0 Å². The van der Waals surface area contributed by atoms with Crippen LogP contribution < -0.4 is 5.46 Å². The standard InChI is InChI=1S/C24H41BO2/c1-20(2,3)16-14-17(21(4,5)6)19(18(15-16)22(7,8)9)25-26-23(10,11)24(12,13)27-25/h14-15H,1-13H3. The van der Waals surface area contributed by atoms with Crippen molar-refractivity contribution < 1.29 is 9.31 Å². The van der Waals surface area contributed by atoms with Crippen LogP contribution in [0.2, 0.25) is 0 Å². The maximum Gasteiger partial charge on any atom is 0.495 e. The summed E-state index contributed by atoms with van der Waals surface area (Å²) in [5.41, 5.74) is 4.67. The maximum absolute atomic E-state index is 6.53. The lowest BCUT2D eigenvalue weighted by Gasteiger charge is -2.34. The van der Waals surface area contributed by atoms with Crippen molar-refractivity contribution in [2.24, 2.45) is 0 Å². The van der Waals surface area contributed by atoms with Crippen LogP contribution in [0.3, 0.4) is 0 Å². The Labute approximate surface area is 168 Å². The Morgan fingerprint density at radius 1 is 0.630 bits per heavy atom. The monoisotopic (exact) mass is 372 g/mol. The van der Waals surface area contributed by atoms with E-state index in [2.05, 4.69) is 102 Å². The van der Waals surface area contributed by atoms with Gasteiger partial charge in [-0.1, -0.05) is 74.4 Å². The highest BCUT2D eigenvalue weighted by Crippen LogP contribution is 2.40. The largest absolute Gasteiger partial charge is 0.495 e. The highest BCUT2D eigenvalue weighted by molar-refractivity contribution is 6.63. The predicted octanol–water partition coefficient (Wildman–Crippen LogP) is 5.88. The van der Waals surface area contributed by atoms with Gasteiger partial charge in [-0.2, -0.15) is 0 Å². The second-order valence-corrected chi connectivity index (χ2v) is 12.3. The fraction of sp³-hybridized carbons (Fsp3) is 0.750. The van der Waals surface area contributed by atoms with Crippen LogP contribution in [0.15, 0.2) is 12.1 Å². The molecular weight excluding hydrogens is 331 g/mol. The Bertz CT molecular complexity index is 658. The lowest BCUT2D eigenvalue weighted by Crippen LogP contribution is -2.45. The first-order chi connectivity index (χ1) is 11.8. The number of hydrogen-bond donors (Lipinski definition) is 0. The van der Waals surface area contributed by atoms with Gasteiger partial charge < -0.3 is 9.31 Å². The highest BCUT2D eigenvalue weighted by Gasteiger charge is 2.53. The molecule has 3 heteroatoms. The Kier molecular flexibility index (Phi) is 5.29. The second kappa shape index (κ2) is 6.35. The minimum atomic E-state index is -0.343. The summed E-state index contributed by atoms with van der Waals surface area (Å²) in [6.45, 7) is 29.1. The summed E-state index contributed by atoms with van der Waals surface area (Å²) >= 11 is 0. The quantitative estimate of drug-likeness (QED) is 0.573. The second-order valence-electron chi connectivity index (χ2n) is 12.3. The zero-order valence-corrected chi connectivity index (χ0v) is 20.0. The van der Waals surface area contributed by atoms with Crippen LogP contribution in [-0.2, 0) is 25.6 Å². The van der Waals surface area contributed by atoms with Gasteiger partial charge in [0.2, 0.25) is 0 Å². The molecule has 0 atom stereocenters. The van der Waals surface area contributed by atoms with Gasteiger partial charge in [-0.25, -0.2) is 0 Å². The Hall–Kier alpha value is -0.795. The summed E-state index contributed by atoms with van der Waals surface area (Å²) in [5.74, 6) is 0. The smallest absolute Gasteiger partial charge is 0.399 e. The third-order valence-corrected chi connectivity index (χ3v) is 6.15. The van der Waals surface area contributed by atoms with Gasteiger partial charge in [0.05, 0.1) is 11.2 Å². The van der Waals surface area contributed by atoms with Gasteiger partial charge in [0.1, 0.15) is 0 Å². The van der Waals surface area contributed by atoms with Crippen molar-refractivity contribution in [2.75, 3.05) is 0 Å². The van der Waals surface area contributed by atoms with Gasteiger partial charge in [0.15, 0.2) is 0 Å². The fourth-order valence-electron chi connectivity index (χ4n) is 3.54. The van der Waals surface area contributed by atoms with Crippen LogP contribution in [0.5, 0.6) is 0 Å². The predicted molar refractivity (Wildman–Crippen MR) is 118 cm³/mol. The van der Waals surface area contributed by atoms with E-state index < -0.39 is 0 Å². The third kappa shape index (κ3) is 4.30. The molecule has 1 aromatic rings. The van der Waals surface area contributed by atoms with Crippen LogP contribution in [0, 0.1) is 0 Å². The molecule has 0 unspecified atom stereocenters. The van der Waals surface area contributed by atoms with Crippen LogP contribution in [0.1, 0.15) is 107 Å². The van der Waals surface area contributed by atoms with Gasteiger partial charge in [-0.05, 0) is 66.1 Å². The highest BCUT2D eigenvalue weighted by atomic mass is 16.7.